The summed E-state index contributed by atoms with van der Waals surface area (Å²) in [4.78, 5) is 25.9. The van der Waals surface area contributed by atoms with E-state index in [-0.39, 0.29) is 11.6 Å². The van der Waals surface area contributed by atoms with Crippen molar-refractivity contribution in [2.24, 2.45) is 0 Å². The van der Waals surface area contributed by atoms with Crippen LogP contribution >= 0.6 is 0 Å². The van der Waals surface area contributed by atoms with Gasteiger partial charge in [-0.2, -0.15) is 13.2 Å². The van der Waals surface area contributed by atoms with Crippen molar-refractivity contribution in [3.63, 3.8) is 0 Å². The van der Waals surface area contributed by atoms with Gasteiger partial charge in [0.2, 0.25) is 0 Å². The number of pyridine rings is 1. The molecule has 5 nitrogen and oxygen atoms in total. The third-order valence-corrected chi connectivity index (χ3v) is 4.10. The summed E-state index contributed by atoms with van der Waals surface area (Å²) >= 11 is 0. The molecule has 0 aliphatic carbocycles. The number of H-pyrrole nitrogens is 1. The zero-order chi connectivity index (χ0) is 20.2. The van der Waals surface area contributed by atoms with E-state index in [0.29, 0.717) is 19.0 Å². The lowest BCUT2D eigenvalue weighted by molar-refractivity contribution is -0.141. The third-order valence-electron chi connectivity index (χ3n) is 4.10. The molecule has 0 saturated heterocycles. The van der Waals surface area contributed by atoms with Gasteiger partial charge in [0.05, 0.1) is 6.04 Å². The SMILES string of the molecule is CC.Cc1ccc2c(c1)NCC[C@H]2NC(=O)c1ccc(C(F)(F)F)[nH]c1=O. The number of aromatic amines is 1. The Morgan fingerprint density at radius 1 is 1.19 bits per heavy atom. The first-order chi connectivity index (χ1) is 12.8. The van der Waals surface area contributed by atoms with E-state index in [4.69, 9.17) is 0 Å². The molecule has 0 unspecified atom stereocenters. The van der Waals surface area contributed by atoms with Gasteiger partial charge < -0.3 is 15.6 Å². The molecule has 1 aromatic heterocycles. The van der Waals surface area contributed by atoms with E-state index in [0.717, 1.165) is 22.9 Å². The Kier molecular flexibility index (Phi) is 6.30. The van der Waals surface area contributed by atoms with E-state index in [1.807, 2.05) is 39.0 Å². The first-order valence-corrected chi connectivity index (χ1v) is 8.71. The minimum Gasteiger partial charge on any atom is -0.385 e. The average molecular weight is 381 g/mol. The van der Waals surface area contributed by atoms with Crippen LogP contribution in [0.5, 0.6) is 0 Å². The molecule has 1 atom stereocenters. The number of halogens is 3. The van der Waals surface area contributed by atoms with E-state index in [9.17, 15) is 22.8 Å². The molecule has 3 N–H and O–H groups in total. The lowest BCUT2D eigenvalue weighted by atomic mass is 9.96. The van der Waals surface area contributed by atoms with Crippen molar-refractivity contribution >= 4 is 11.6 Å². The molecule has 1 amide bonds. The number of rotatable bonds is 2. The molecule has 27 heavy (non-hydrogen) atoms. The maximum absolute atomic E-state index is 12.6. The van der Waals surface area contributed by atoms with Crippen molar-refractivity contribution in [3.8, 4) is 0 Å². The predicted octanol–water partition coefficient (Wildman–Crippen LogP) is 4.02. The monoisotopic (exact) mass is 381 g/mol. The lowest BCUT2D eigenvalue weighted by Gasteiger charge is -2.27. The number of anilines is 1. The lowest BCUT2D eigenvalue weighted by Crippen LogP contribution is -2.36. The normalized spacial score (nSPS) is 15.7. The topological polar surface area (TPSA) is 74.0 Å². The van der Waals surface area contributed by atoms with Crippen molar-refractivity contribution in [2.75, 3.05) is 11.9 Å². The molecular formula is C19H22F3N3O2. The van der Waals surface area contributed by atoms with Crippen molar-refractivity contribution in [2.45, 2.75) is 39.4 Å². The number of alkyl halides is 3. The Labute approximate surface area is 155 Å². The van der Waals surface area contributed by atoms with Crippen LogP contribution in [-0.2, 0) is 6.18 Å². The molecule has 0 fully saturated rings. The third kappa shape index (κ3) is 4.69. The summed E-state index contributed by atoms with van der Waals surface area (Å²) in [6.07, 6.45) is -4.06. The first-order valence-electron chi connectivity index (χ1n) is 8.71. The van der Waals surface area contributed by atoms with Gasteiger partial charge in [-0.1, -0.05) is 26.0 Å². The Bertz CT molecular complexity index is 875. The Balaban J connectivity index is 0.00000126. The van der Waals surface area contributed by atoms with Gasteiger partial charge in [-0.15, -0.1) is 0 Å². The number of amides is 1. The number of hydrogen-bond acceptors (Lipinski definition) is 3. The number of aromatic nitrogens is 1. The van der Waals surface area contributed by atoms with Crippen molar-refractivity contribution < 1.29 is 18.0 Å². The predicted molar refractivity (Wildman–Crippen MR) is 97.9 cm³/mol. The molecule has 146 valence electrons. The van der Waals surface area contributed by atoms with Crippen LogP contribution in [0.3, 0.4) is 0 Å². The maximum atomic E-state index is 12.6. The first kappa shape index (κ1) is 20.5. The number of nitrogens with one attached hydrogen (secondary N) is 3. The second kappa shape index (κ2) is 8.28. The largest absolute Gasteiger partial charge is 0.431 e. The summed E-state index contributed by atoms with van der Waals surface area (Å²) in [7, 11) is 0. The molecule has 1 aliphatic rings. The van der Waals surface area contributed by atoms with Crippen molar-refractivity contribution in [1.29, 1.82) is 0 Å². The molecule has 8 heteroatoms. The molecule has 1 aliphatic heterocycles. The number of carbonyl (C=O) groups is 1. The van der Waals surface area contributed by atoms with Crippen LogP contribution in [-0.4, -0.2) is 17.4 Å². The molecule has 0 radical (unpaired) electrons. The minimum atomic E-state index is -4.67. The Hall–Kier alpha value is -2.77. The maximum Gasteiger partial charge on any atom is 0.431 e. The van der Waals surface area contributed by atoms with Gasteiger partial charge >= 0.3 is 6.18 Å². The van der Waals surface area contributed by atoms with Crippen LogP contribution in [0.15, 0.2) is 35.1 Å². The van der Waals surface area contributed by atoms with Crippen LogP contribution in [0, 0.1) is 6.92 Å². The number of carbonyl (C=O) groups excluding carboxylic acids is 1. The minimum absolute atomic E-state index is 0.314. The smallest absolute Gasteiger partial charge is 0.385 e. The highest BCUT2D eigenvalue weighted by Crippen LogP contribution is 2.31. The fourth-order valence-corrected chi connectivity index (χ4v) is 2.84. The van der Waals surface area contributed by atoms with Gasteiger partial charge in [0.15, 0.2) is 0 Å². The number of fused-ring (bicyclic) bond motifs is 1. The van der Waals surface area contributed by atoms with Gasteiger partial charge in [0.25, 0.3) is 11.5 Å². The molecule has 0 spiro atoms. The number of hydrogen-bond donors (Lipinski definition) is 3. The van der Waals surface area contributed by atoms with Gasteiger partial charge in [0, 0.05) is 12.2 Å². The van der Waals surface area contributed by atoms with Crippen molar-refractivity contribution in [3.05, 3.63) is 63.1 Å². The quantitative estimate of drug-likeness (QED) is 0.736. The van der Waals surface area contributed by atoms with Crippen LogP contribution in [0.4, 0.5) is 18.9 Å². The van der Waals surface area contributed by atoms with Crippen LogP contribution in [0.25, 0.3) is 0 Å². The molecule has 1 aromatic carbocycles. The van der Waals surface area contributed by atoms with Crippen LogP contribution in [0.2, 0.25) is 0 Å². The summed E-state index contributed by atoms with van der Waals surface area (Å²) in [6.45, 7) is 6.59. The van der Waals surface area contributed by atoms with E-state index < -0.39 is 23.3 Å². The fraction of sp³-hybridized carbons (Fsp3) is 0.368. The second-order valence-electron chi connectivity index (χ2n) is 5.94. The molecule has 3 rings (SSSR count). The van der Waals surface area contributed by atoms with Crippen LogP contribution in [0.1, 0.15) is 53.5 Å². The summed E-state index contributed by atoms with van der Waals surface area (Å²) < 4.78 is 37.8. The van der Waals surface area contributed by atoms with Gasteiger partial charge in [-0.05, 0) is 42.7 Å². The van der Waals surface area contributed by atoms with Crippen LogP contribution < -0.4 is 16.2 Å². The number of benzene rings is 1. The van der Waals surface area contributed by atoms with Gasteiger partial charge in [-0.25, -0.2) is 0 Å². The summed E-state index contributed by atoms with van der Waals surface area (Å²) in [6, 6.07) is 7.03. The van der Waals surface area contributed by atoms with E-state index in [2.05, 4.69) is 10.6 Å². The Morgan fingerprint density at radius 3 is 2.52 bits per heavy atom. The second-order valence-corrected chi connectivity index (χ2v) is 5.94. The zero-order valence-corrected chi connectivity index (χ0v) is 15.3. The highest BCUT2D eigenvalue weighted by atomic mass is 19.4. The summed E-state index contributed by atoms with van der Waals surface area (Å²) in [5.41, 5.74) is 0.256. The molecule has 2 heterocycles. The summed E-state index contributed by atoms with van der Waals surface area (Å²) in [5, 5.41) is 5.97. The standard InChI is InChI=1S/C17H16F3N3O2.C2H6/c1-9-2-3-10-12(6-7-21-13(10)8-9)22-15(24)11-4-5-14(17(18,19)20)23-16(11)25;1-2/h2-5,8,12,21H,6-7H2,1H3,(H,22,24)(H,23,25);1-2H3/t12-;/m1./s1. The molecule has 0 saturated carbocycles. The highest BCUT2D eigenvalue weighted by molar-refractivity contribution is 5.94. The van der Waals surface area contributed by atoms with Gasteiger partial charge in [0.1, 0.15) is 11.3 Å². The summed E-state index contributed by atoms with van der Waals surface area (Å²) in [5.74, 6) is -0.701. The van der Waals surface area contributed by atoms with Gasteiger partial charge in [-0.3, -0.25) is 9.59 Å². The molecule has 2 aromatic rings. The average Bonchev–Trinajstić information content (AvgIpc) is 2.62. The van der Waals surface area contributed by atoms with E-state index in [1.165, 1.54) is 0 Å². The molecule has 0 bridgehead atoms. The number of aryl methyl sites for hydroxylation is 1. The van der Waals surface area contributed by atoms with E-state index in [1.54, 1.807) is 4.98 Å². The molecular weight excluding hydrogens is 359 g/mol. The Morgan fingerprint density at radius 2 is 1.89 bits per heavy atom. The zero-order valence-electron chi connectivity index (χ0n) is 15.3. The fourth-order valence-electron chi connectivity index (χ4n) is 2.84. The van der Waals surface area contributed by atoms with E-state index >= 15 is 0 Å². The van der Waals surface area contributed by atoms with Crippen molar-refractivity contribution in [1.82, 2.24) is 10.3 Å². The highest BCUT2D eigenvalue weighted by Gasteiger charge is 2.32.